The van der Waals surface area contributed by atoms with Crippen molar-refractivity contribution in [1.29, 1.82) is 0 Å². The topological polar surface area (TPSA) is 75.4 Å². The van der Waals surface area contributed by atoms with E-state index in [1.54, 1.807) is 0 Å². The Labute approximate surface area is 180 Å². The molecule has 0 aliphatic heterocycles. The molecule has 0 bridgehead atoms. The quantitative estimate of drug-likeness (QED) is 0.657. The lowest BCUT2D eigenvalue weighted by Gasteiger charge is -2.33. The van der Waals surface area contributed by atoms with Crippen molar-refractivity contribution in [3.63, 3.8) is 0 Å². The number of halogens is 3. The van der Waals surface area contributed by atoms with Crippen LogP contribution in [0.5, 0.6) is 0 Å². The Morgan fingerprint density at radius 3 is 2.16 bits per heavy atom. The van der Waals surface area contributed by atoms with Crippen LogP contribution in [0.15, 0.2) is 6.20 Å². The summed E-state index contributed by atoms with van der Waals surface area (Å²) in [6, 6.07) is -0.584. The van der Waals surface area contributed by atoms with Crippen LogP contribution in [0.3, 0.4) is 0 Å². The molecule has 9 heteroatoms. The van der Waals surface area contributed by atoms with Gasteiger partial charge >= 0.3 is 12.1 Å². The van der Waals surface area contributed by atoms with E-state index in [-0.39, 0.29) is 61.0 Å². The van der Waals surface area contributed by atoms with Crippen LogP contribution in [-0.4, -0.2) is 39.0 Å². The number of carbonyl (C=O) groups excluding carboxylic acids is 1. The van der Waals surface area contributed by atoms with E-state index >= 15 is 0 Å². The highest BCUT2D eigenvalue weighted by Crippen LogP contribution is 2.41. The first-order valence-corrected chi connectivity index (χ1v) is 11.2. The van der Waals surface area contributed by atoms with E-state index in [2.05, 4.69) is 12.0 Å². The Morgan fingerprint density at radius 1 is 1.10 bits per heavy atom. The SMILES string of the molecule is CC(C)N(c1nn(C2CCC(C(F)(F)F)CC2)cc1C(=O)O)C(=O)[C@H]1CC[C@H](C)CC1. The third-order valence-corrected chi connectivity index (χ3v) is 6.82. The lowest BCUT2D eigenvalue weighted by Crippen LogP contribution is -2.43. The number of hydrogen-bond acceptors (Lipinski definition) is 3. The number of aromatic carboxylic acids is 1. The van der Waals surface area contributed by atoms with Gasteiger partial charge in [-0.05, 0) is 71.1 Å². The predicted octanol–water partition coefficient (Wildman–Crippen LogP) is 5.44. The fourth-order valence-electron chi connectivity index (χ4n) is 4.87. The molecule has 0 unspecified atom stereocenters. The Morgan fingerprint density at radius 2 is 1.68 bits per heavy atom. The number of amides is 1. The summed E-state index contributed by atoms with van der Waals surface area (Å²) in [5.74, 6) is -2.11. The molecule has 2 fully saturated rings. The molecule has 2 aliphatic rings. The van der Waals surface area contributed by atoms with Crippen LogP contribution in [0, 0.1) is 17.8 Å². The number of nitrogens with zero attached hydrogens (tertiary/aromatic N) is 3. The number of carboxylic acids is 1. The molecule has 2 saturated carbocycles. The summed E-state index contributed by atoms with van der Waals surface area (Å²) in [6.07, 6.45) is 1.20. The number of carboxylic acid groups (broad SMARTS) is 1. The molecule has 0 spiro atoms. The maximum atomic E-state index is 13.3. The van der Waals surface area contributed by atoms with E-state index in [4.69, 9.17) is 0 Å². The van der Waals surface area contributed by atoms with Crippen LogP contribution in [0.1, 0.15) is 88.5 Å². The van der Waals surface area contributed by atoms with Gasteiger partial charge in [-0.2, -0.15) is 18.3 Å². The van der Waals surface area contributed by atoms with Gasteiger partial charge in [0.1, 0.15) is 5.56 Å². The second-order valence-corrected chi connectivity index (χ2v) is 9.46. The standard InChI is InChI=1S/C22H32F3N3O3/c1-13(2)28(20(29)15-6-4-14(3)5-7-15)19-18(21(30)31)12-27(26-19)17-10-8-16(9-11-17)22(23,24)25/h12-17H,4-11H2,1-3H3,(H,30,31)/t14-,15-,16?,17?. The number of hydrogen-bond donors (Lipinski definition) is 1. The van der Waals surface area contributed by atoms with Crippen molar-refractivity contribution in [1.82, 2.24) is 9.78 Å². The number of alkyl halides is 3. The highest BCUT2D eigenvalue weighted by atomic mass is 19.4. The van der Waals surface area contributed by atoms with Crippen LogP contribution >= 0.6 is 0 Å². The average Bonchev–Trinajstić information content (AvgIpc) is 3.13. The molecule has 0 saturated heterocycles. The number of rotatable bonds is 5. The summed E-state index contributed by atoms with van der Waals surface area (Å²) < 4.78 is 40.4. The zero-order valence-corrected chi connectivity index (χ0v) is 18.4. The highest BCUT2D eigenvalue weighted by Gasteiger charge is 2.42. The third-order valence-electron chi connectivity index (χ3n) is 6.82. The molecule has 3 rings (SSSR count). The molecule has 0 radical (unpaired) electrons. The fourth-order valence-corrected chi connectivity index (χ4v) is 4.87. The van der Waals surface area contributed by atoms with Crippen molar-refractivity contribution in [2.24, 2.45) is 17.8 Å². The van der Waals surface area contributed by atoms with E-state index in [9.17, 15) is 27.9 Å². The molecule has 0 atom stereocenters. The summed E-state index contributed by atoms with van der Waals surface area (Å²) in [5, 5.41) is 14.2. The zero-order valence-electron chi connectivity index (χ0n) is 18.4. The Balaban J connectivity index is 1.84. The summed E-state index contributed by atoms with van der Waals surface area (Å²) >= 11 is 0. The van der Waals surface area contributed by atoms with Crippen molar-refractivity contribution in [3.8, 4) is 0 Å². The predicted molar refractivity (Wildman–Crippen MR) is 110 cm³/mol. The second-order valence-electron chi connectivity index (χ2n) is 9.46. The number of aromatic nitrogens is 2. The second kappa shape index (κ2) is 9.20. The molecule has 1 N–H and O–H groups in total. The normalized spacial score (nSPS) is 27.3. The number of anilines is 1. The largest absolute Gasteiger partial charge is 0.477 e. The van der Waals surface area contributed by atoms with Gasteiger partial charge in [0.2, 0.25) is 5.91 Å². The van der Waals surface area contributed by atoms with Crippen LogP contribution in [0.4, 0.5) is 19.0 Å². The van der Waals surface area contributed by atoms with E-state index < -0.39 is 18.1 Å². The van der Waals surface area contributed by atoms with Crippen molar-refractivity contribution < 1.29 is 27.9 Å². The molecule has 1 aromatic rings. The molecule has 6 nitrogen and oxygen atoms in total. The minimum atomic E-state index is -4.20. The summed E-state index contributed by atoms with van der Waals surface area (Å²) in [7, 11) is 0. The highest BCUT2D eigenvalue weighted by molar-refractivity contribution is 6.01. The summed E-state index contributed by atoms with van der Waals surface area (Å²) in [6.45, 7) is 5.81. The first kappa shape index (κ1) is 23.6. The van der Waals surface area contributed by atoms with Crippen molar-refractivity contribution in [2.75, 3.05) is 4.90 Å². The monoisotopic (exact) mass is 443 g/mol. The molecule has 174 valence electrons. The minimum absolute atomic E-state index is 0.00114. The van der Waals surface area contributed by atoms with E-state index in [1.807, 2.05) is 13.8 Å². The van der Waals surface area contributed by atoms with E-state index in [0.29, 0.717) is 5.92 Å². The van der Waals surface area contributed by atoms with Crippen LogP contribution in [0.2, 0.25) is 0 Å². The first-order valence-electron chi connectivity index (χ1n) is 11.2. The van der Waals surface area contributed by atoms with Gasteiger partial charge in [0, 0.05) is 18.2 Å². The summed E-state index contributed by atoms with van der Waals surface area (Å²) in [5.41, 5.74) is -0.0795. The molecule has 0 aromatic carbocycles. The zero-order chi connectivity index (χ0) is 22.9. The van der Waals surface area contributed by atoms with Gasteiger partial charge in [-0.1, -0.05) is 6.92 Å². The van der Waals surface area contributed by atoms with Crippen molar-refractivity contribution in [3.05, 3.63) is 11.8 Å². The van der Waals surface area contributed by atoms with E-state index in [1.165, 1.54) is 15.8 Å². The van der Waals surface area contributed by atoms with Gasteiger partial charge in [-0.15, -0.1) is 0 Å². The molecule has 1 aromatic heterocycles. The molecule has 2 aliphatic carbocycles. The lowest BCUT2D eigenvalue weighted by molar-refractivity contribution is -0.183. The molecule has 31 heavy (non-hydrogen) atoms. The van der Waals surface area contributed by atoms with Gasteiger partial charge in [0.15, 0.2) is 5.82 Å². The fraction of sp³-hybridized carbons (Fsp3) is 0.773. The van der Waals surface area contributed by atoms with E-state index in [0.717, 1.165) is 25.7 Å². The van der Waals surface area contributed by atoms with Gasteiger partial charge in [-0.25, -0.2) is 4.79 Å². The summed E-state index contributed by atoms with van der Waals surface area (Å²) in [4.78, 5) is 26.7. The maximum absolute atomic E-state index is 13.3. The maximum Gasteiger partial charge on any atom is 0.391 e. The third kappa shape index (κ3) is 5.23. The minimum Gasteiger partial charge on any atom is -0.477 e. The van der Waals surface area contributed by atoms with Gasteiger partial charge in [0.25, 0.3) is 0 Å². The number of carbonyl (C=O) groups is 2. The Bertz CT molecular complexity index is 790. The van der Waals surface area contributed by atoms with Crippen LogP contribution in [-0.2, 0) is 4.79 Å². The first-order chi connectivity index (χ1) is 14.5. The van der Waals surface area contributed by atoms with Gasteiger partial charge < -0.3 is 5.11 Å². The van der Waals surface area contributed by atoms with Crippen LogP contribution < -0.4 is 4.90 Å². The lowest BCUT2D eigenvalue weighted by atomic mass is 9.82. The van der Waals surface area contributed by atoms with Crippen LogP contribution in [0.25, 0.3) is 0 Å². The molecule has 1 heterocycles. The van der Waals surface area contributed by atoms with Crippen molar-refractivity contribution in [2.45, 2.75) is 90.4 Å². The molecular weight excluding hydrogens is 411 g/mol. The Kier molecular flexibility index (Phi) is 7.01. The van der Waals surface area contributed by atoms with Gasteiger partial charge in [-0.3, -0.25) is 14.4 Å². The average molecular weight is 444 g/mol. The Hall–Kier alpha value is -2.06. The molecular formula is C22H32F3N3O3. The van der Waals surface area contributed by atoms with Crippen molar-refractivity contribution >= 4 is 17.7 Å². The molecule has 1 amide bonds. The van der Waals surface area contributed by atoms with Gasteiger partial charge in [0.05, 0.1) is 12.0 Å². The smallest absolute Gasteiger partial charge is 0.391 e.